The van der Waals surface area contributed by atoms with Crippen molar-refractivity contribution in [2.24, 2.45) is 0 Å². The highest BCUT2D eigenvalue weighted by atomic mass is 35.5. The minimum Gasteiger partial charge on any atom is -0.417 e. The zero-order chi connectivity index (χ0) is 8.16. The van der Waals surface area contributed by atoms with Crippen LogP contribution in [0.4, 0.5) is 0 Å². The number of halogens is 1. The first-order valence-electron chi connectivity index (χ1n) is 4.47. The van der Waals surface area contributed by atoms with Crippen LogP contribution < -0.4 is 0 Å². The summed E-state index contributed by atoms with van der Waals surface area (Å²) in [6.45, 7) is 3.30. The van der Waals surface area contributed by atoms with Gasteiger partial charge >= 0.3 is 0 Å². The smallest absolute Gasteiger partial charge is 0.189 e. The third-order valence-corrected chi connectivity index (χ3v) is 6.38. The van der Waals surface area contributed by atoms with Crippen molar-refractivity contribution >= 4 is 19.9 Å². The molecule has 1 rings (SSSR count). The van der Waals surface area contributed by atoms with Crippen LogP contribution in [0.2, 0.25) is 18.6 Å². The highest BCUT2D eigenvalue weighted by Gasteiger charge is 2.35. The zero-order valence-corrected chi connectivity index (χ0v) is 8.99. The van der Waals surface area contributed by atoms with Gasteiger partial charge in [0.2, 0.25) is 0 Å². The van der Waals surface area contributed by atoms with E-state index in [0.717, 1.165) is 25.3 Å². The summed E-state index contributed by atoms with van der Waals surface area (Å²) in [5.41, 5.74) is 0. The summed E-state index contributed by atoms with van der Waals surface area (Å²) < 4.78 is 5.85. The third kappa shape index (κ3) is 3.14. The average molecular weight is 193 g/mol. The van der Waals surface area contributed by atoms with Gasteiger partial charge in [-0.25, -0.2) is 0 Å². The Balaban J connectivity index is 1.94. The monoisotopic (exact) mass is 192 g/mol. The number of unbranched alkanes of at least 4 members (excludes halogenated alkanes) is 1. The van der Waals surface area contributed by atoms with Crippen molar-refractivity contribution in [2.75, 3.05) is 12.5 Å². The van der Waals surface area contributed by atoms with E-state index in [1.807, 2.05) is 0 Å². The normalized spacial score (nSPS) is 21.3. The topological polar surface area (TPSA) is 9.23 Å². The Labute approximate surface area is 75.2 Å². The fourth-order valence-corrected chi connectivity index (χ4v) is 3.80. The lowest BCUT2D eigenvalue weighted by Crippen LogP contribution is -2.41. The molecule has 1 saturated heterocycles. The molecule has 0 atom stereocenters. The van der Waals surface area contributed by atoms with E-state index in [2.05, 4.69) is 6.55 Å². The van der Waals surface area contributed by atoms with Gasteiger partial charge in [0.05, 0.1) is 0 Å². The van der Waals surface area contributed by atoms with Crippen molar-refractivity contribution < 1.29 is 4.43 Å². The Morgan fingerprint density at radius 3 is 2.55 bits per heavy atom. The van der Waals surface area contributed by atoms with Crippen LogP contribution in [-0.4, -0.2) is 20.8 Å². The van der Waals surface area contributed by atoms with Gasteiger partial charge in [0, 0.05) is 12.5 Å². The Hall–Kier alpha value is 0.467. The maximum atomic E-state index is 5.85. The van der Waals surface area contributed by atoms with Crippen LogP contribution in [0.25, 0.3) is 0 Å². The Morgan fingerprint density at radius 1 is 1.36 bits per heavy atom. The molecular weight excluding hydrogens is 176 g/mol. The highest BCUT2D eigenvalue weighted by molar-refractivity contribution is 6.75. The molecule has 1 nitrogen and oxygen atoms in total. The number of alkyl halides is 1. The van der Waals surface area contributed by atoms with Crippen molar-refractivity contribution in [2.45, 2.75) is 37.9 Å². The minimum atomic E-state index is -1.09. The number of hydrogen-bond acceptors (Lipinski definition) is 1. The van der Waals surface area contributed by atoms with Gasteiger partial charge in [-0.05, 0) is 31.5 Å². The summed E-state index contributed by atoms with van der Waals surface area (Å²) in [6, 6.07) is 2.77. The molecule has 0 aromatic carbocycles. The average Bonchev–Trinajstić information content (AvgIpc) is 1.95. The maximum absolute atomic E-state index is 5.85. The fraction of sp³-hybridized carbons (Fsp3) is 1.00. The highest BCUT2D eigenvalue weighted by Crippen LogP contribution is 2.32. The molecule has 1 aliphatic rings. The second-order valence-corrected chi connectivity index (χ2v) is 8.11. The molecule has 0 aliphatic carbocycles. The van der Waals surface area contributed by atoms with Crippen LogP contribution >= 0.6 is 11.6 Å². The molecule has 0 amide bonds. The molecule has 1 heterocycles. The first kappa shape index (κ1) is 9.55. The van der Waals surface area contributed by atoms with Gasteiger partial charge in [-0.3, -0.25) is 0 Å². The molecular formula is C8H17ClOSi. The summed E-state index contributed by atoms with van der Waals surface area (Å²) in [5, 5.41) is 0. The molecule has 0 aromatic rings. The molecule has 66 valence electrons. The Kier molecular flexibility index (Phi) is 3.89. The lowest BCUT2D eigenvalue weighted by Gasteiger charge is -2.35. The molecule has 0 aromatic heterocycles. The lowest BCUT2D eigenvalue weighted by atomic mass is 10.4. The van der Waals surface area contributed by atoms with Crippen molar-refractivity contribution in [3.63, 3.8) is 0 Å². The quantitative estimate of drug-likeness (QED) is 0.370. The van der Waals surface area contributed by atoms with Crippen LogP contribution in [0.15, 0.2) is 0 Å². The van der Waals surface area contributed by atoms with E-state index in [4.69, 9.17) is 16.0 Å². The van der Waals surface area contributed by atoms with Crippen LogP contribution in [0, 0.1) is 0 Å². The second kappa shape index (κ2) is 4.48. The Bertz CT molecular complexity index is 115. The molecule has 0 radical (unpaired) electrons. The van der Waals surface area contributed by atoms with E-state index in [-0.39, 0.29) is 0 Å². The number of hydrogen-bond donors (Lipinski definition) is 0. The van der Waals surface area contributed by atoms with Crippen molar-refractivity contribution in [3.8, 4) is 0 Å². The second-order valence-electron chi connectivity index (χ2n) is 3.55. The predicted molar refractivity (Wildman–Crippen MR) is 51.8 cm³/mol. The number of rotatable bonds is 5. The van der Waals surface area contributed by atoms with Crippen molar-refractivity contribution in [1.29, 1.82) is 0 Å². The zero-order valence-electron chi connectivity index (χ0n) is 7.24. The fourth-order valence-electron chi connectivity index (χ4n) is 1.33. The van der Waals surface area contributed by atoms with E-state index in [1.165, 1.54) is 18.5 Å². The Morgan fingerprint density at radius 2 is 2.09 bits per heavy atom. The predicted octanol–water partition coefficient (Wildman–Crippen LogP) is 3.00. The molecule has 0 unspecified atom stereocenters. The van der Waals surface area contributed by atoms with Crippen LogP contribution in [0.1, 0.15) is 19.3 Å². The first-order chi connectivity index (χ1) is 5.27. The summed E-state index contributed by atoms with van der Waals surface area (Å²) >= 11 is 5.56. The molecule has 0 bridgehead atoms. The van der Waals surface area contributed by atoms with Gasteiger partial charge in [0.15, 0.2) is 8.32 Å². The molecule has 3 heteroatoms. The van der Waals surface area contributed by atoms with Crippen LogP contribution in [0.5, 0.6) is 0 Å². The standard InChI is InChI=1S/C8H17ClOSi/c1-11(7-4-8-11)10-6-3-2-5-9/h2-8H2,1H3. The van der Waals surface area contributed by atoms with Gasteiger partial charge in [-0.1, -0.05) is 6.42 Å². The van der Waals surface area contributed by atoms with E-state index in [9.17, 15) is 0 Å². The van der Waals surface area contributed by atoms with Gasteiger partial charge in [0.25, 0.3) is 0 Å². The van der Waals surface area contributed by atoms with Crippen LogP contribution in [-0.2, 0) is 4.43 Å². The summed E-state index contributed by atoms with van der Waals surface area (Å²) in [7, 11) is -1.09. The van der Waals surface area contributed by atoms with Gasteiger partial charge in [0.1, 0.15) is 0 Å². The molecule has 11 heavy (non-hydrogen) atoms. The van der Waals surface area contributed by atoms with Gasteiger partial charge < -0.3 is 4.43 Å². The van der Waals surface area contributed by atoms with Gasteiger partial charge in [-0.15, -0.1) is 11.6 Å². The summed E-state index contributed by atoms with van der Waals surface area (Å²) in [4.78, 5) is 0. The maximum Gasteiger partial charge on any atom is 0.189 e. The minimum absolute atomic E-state index is 0.779. The van der Waals surface area contributed by atoms with E-state index in [0.29, 0.717) is 0 Å². The largest absolute Gasteiger partial charge is 0.417 e. The summed E-state index contributed by atoms with van der Waals surface area (Å²) in [6.07, 6.45) is 3.65. The lowest BCUT2D eigenvalue weighted by molar-refractivity contribution is 0.283. The van der Waals surface area contributed by atoms with E-state index in [1.54, 1.807) is 0 Å². The molecule has 0 N–H and O–H groups in total. The third-order valence-electron chi connectivity index (χ3n) is 2.39. The first-order valence-corrected chi connectivity index (χ1v) is 7.82. The molecule has 0 spiro atoms. The molecule has 1 aliphatic heterocycles. The van der Waals surface area contributed by atoms with Crippen molar-refractivity contribution in [3.05, 3.63) is 0 Å². The van der Waals surface area contributed by atoms with Crippen molar-refractivity contribution in [1.82, 2.24) is 0 Å². The van der Waals surface area contributed by atoms with Gasteiger partial charge in [-0.2, -0.15) is 0 Å². The van der Waals surface area contributed by atoms with E-state index < -0.39 is 8.32 Å². The summed E-state index contributed by atoms with van der Waals surface area (Å²) in [5.74, 6) is 0.779. The van der Waals surface area contributed by atoms with E-state index >= 15 is 0 Å². The molecule has 1 fully saturated rings. The van der Waals surface area contributed by atoms with Crippen LogP contribution in [0.3, 0.4) is 0 Å². The molecule has 0 saturated carbocycles. The SMILES string of the molecule is C[Si]1(OCCCCCl)CCC1.